The zero-order valence-corrected chi connectivity index (χ0v) is 11.5. The first kappa shape index (κ1) is 13.0. The number of rotatable bonds is 6. The summed E-state index contributed by atoms with van der Waals surface area (Å²) in [5.74, 6) is 0.779. The molecule has 2 heterocycles. The molecule has 2 aromatic rings. The molecule has 0 saturated carbocycles. The molecule has 18 heavy (non-hydrogen) atoms. The van der Waals surface area contributed by atoms with Crippen molar-refractivity contribution < 1.29 is 4.74 Å². The van der Waals surface area contributed by atoms with Gasteiger partial charge in [0.25, 0.3) is 0 Å². The van der Waals surface area contributed by atoms with Gasteiger partial charge in [-0.25, -0.2) is 4.98 Å². The van der Waals surface area contributed by atoms with E-state index in [9.17, 15) is 0 Å². The molecule has 0 bridgehead atoms. The van der Waals surface area contributed by atoms with E-state index in [1.807, 2.05) is 24.6 Å². The highest BCUT2D eigenvalue weighted by molar-refractivity contribution is 7.09. The molecule has 0 spiro atoms. The van der Waals surface area contributed by atoms with Crippen molar-refractivity contribution in [1.82, 2.24) is 15.3 Å². The highest BCUT2D eigenvalue weighted by atomic mass is 32.1. The van der Waals surface area contributed by atoms with Gasteiger partial charge in [-0.2, -0.15) is 0 Å². The van der Waals surface area contributed by atoms with Crippen LogP contribution in [0.3, 0.4) is 0 Å². The van der Waals surface area contributed by atoms with Crippen LogP contribution in [0.25, 0.3) is 0 Å². The van der Waals surface area contributed by atoms with E-state index in [2.05, 4.69) is 22.2 Å². The molecule has 0 aromatic carbocycles. The van der Waals surface area contributed by atoms with Gasteiger partial charge in [-0.3, -0.25) is 4.98 Å². The van der Waals surface area contributed by atoms with E-state index in [0.29, 0.717) is 6.61 Å². The molecule has 2 aromatic heterocycles. The van der Waals surface area contributed by atoms with Crippen molar-refractivity contribution >= 4 is 11.3 Å². The van der Waals surface area contributed by atoms with Crippen molar-refractivity contribution in [1.29, 1.82) is 0 Å². The van der Waals surface area contributed by atoms with Crippen LogP contribution in [0.1, 0.15) is 23.3 Å². The second-order valence-corrected chi connectivity index (χ2v) is 4.83. The molecule has 0 fully saturated rings. The van der Waals surface area contributed by atoms with E-state index in [-0.39, 0.29) is 0 Å². The molecule has 0 aliphatic carbocycles. The molecule has 0 amide bonds. The SMILES string of the molecule is CCc1nc(COc2ccc(CNC)nc2)cs1. The minimum Gasteiger partial charge on any atom is -0.486 e. The van der Waals surface area contributed by atoms with Crippen LogP contribution in [0.2, 0.25) is 0 Å². The lowest BCUT2D eigenvalue weighted by Gasteiger charge is -2.04. The van der Waals surface area contributed by atoms with Crippen LogP contribution in [0.15, 0.2) is 23.7 Å². The van der Waals surface area contributed by atoms with Crippen molar-refractivity contribution in [3.63, 3.8) is 0 Å². The Morgan fingerprint density at radius 2 is 2.22 bits per heavy atom. The first-order valence-corrected chi connectivity index (χ1v) is 6.85. The van der Waals surface area contributed by atoms with E-state index in [1.54, 1.807) is 17.5 Å². The smallest absolute Gasteiger partial charge is 0.138 e. The van der Waals surface area contributed by atoms with Crippen LogP contribution < -0.4 is 10.1 Å². The Labute approximate surface area is 111 Å². The fourth-order valence-corrected chi connectivity index (χ4v) is 2.25. The van der Waals surface area contributed by atoms with Gasteiger partial charge in [-0.15, -0.1) is 11.3 Å². The van der Waals surface area contributed by atoms with Crippen molar-refractivity contribution in [2.45, 2.75) is 26.5 Å². The van der Waals surface area contributed by atoms with Gasteiger partial charge < -0.3 is 10.1 Å². The van der Waals surface area contributed by atoms with Crippen LogP contribution in [0, 0.1) is 0 Å². The summed E-state index contributed by atoms with van der Waals surface area (Å²) in [6, 6.07) is 3.90. The summed E-state index contributed by atoms with van der Waals surface area (Å²) in [7, 11) is 1.90. The summed E-state index contributed by atoms with van der Waals surface area (Å²) in [6.07, 6.45) is 2.73. The second-order valence-electron chi connectivity index (χ2n) is 3.89. The quantitative estimate of drug-likeness (QED) is 0.869. The second kappa shape index (κ2) is 6.47. The normalized spacial score (nSPS) is 10.6. The van der Waals surface area contributed by atoms with Crippen molar-refractivity contribution in [2.75, 3.05) is 7.05 Å². The first-order valence-electron chi connectivity index (χ1n) is 5.97. The van der Waals surface area contributed by atoms with Crippen LogP contribution in [-0.2, 0) is 19.6 Å². The predicted octanol–water partition coefficient (Wildman–Crippen LogP) is 2.40. The number of hydrogen-bond acceptors (Lipinski definition) is 5. The molecule has 5 heteroatoms. The molecule has 0 aliphatic rings. The standard InChI is InChI=1S/C13H17N3OS/c1-3-13-16-11(9-18-13)8-17-12-5-4-10(6-14-2)15-7-12/h4-5,7,9,14H,3,6,8H2,1-2H3. The minimum atomic E-state index is 0.504. The number of nitrogens with one attached hydrogen (secondary N) is 1. The lowest BCUT2D eigenvalue weighted by atomic mass is 10.3. The summed E-state index contributed by atoms with van der Waals surface area (Å²) in [5.41, 5.74) is 1.99. The van der Waals surface area contributed by atoms with Crippen molar-refractivity contribution in [3.05, 3.63) is 40.1 Å². The molecule has 0 atom stereocenters. The number of aryl methyl sites for hydroxylation is 1. The Kier molecular flexibility index (Phi) is 4.66. The number of pyridine rings is 1. The molecular weight excluding hydrogens is 246 g/mol. The molecule has 0 saturated heterocycles. The van der Waals surface area contributed by atoms with Crippen LogP contribution in [0.5, 0.6) is 5.75 Å². The van der Waals surface area contributed by atoms with E-state index in [1.165, 1.54) is 0 Å². The Morgan fingerprint density at radius 3 is 2.83 bits per heavy atom. The van der Waals surface area contributed by atoms with Gasteiger partial charge in [-0.05, 0) is 25.6 Å². The van der Waals surface area contributed by atoms with Crippen molar-refractivity contribution in [2.24, 2.45) is 0 Å². The average Bonchev–Trinajstić information content (AvgIpc) is 2.86. The monoisotopic (exact) mass is 263 g/mol. The number of hydrogen-bond donors (Lipinski definition) is 1. The highest BCUT2D eigenvalue weighted by Crippen LogP contribution is 2.14. The summed E-state index contributed by atoms with van der Waals surface area (Å²) in [6.45, 7) is 3.38. The van der Waals surface area contributed by atoms with Gasteiger partial charge >= 0.3 is 0 Å². The third-order valence-electron chi connectivity index (χ3n) is 2.44. The molecule has 0 radical (unpaired) electrons. The van der Waals surface area contributed by atoms with Crippen LogP contribution >= 0.6 is 11.3 Å². The number of thiazole rings is 1. The Bertz CT molecular complexity index is 481. The lowest BCUT2D eigenvalue weighted by molar-refractivity contribution is 0.300. The first-order chi connectivity index (χ1) is 8.81. The van der Waals surface area contributed by atoms with Gasteiger partial charge in [-0.1, -0.05) is 6.92 Å². The van der Waals surface area contributed by atoms with Gasteiger partial charge in [0.05, 0.1) is 22.6 Å². The fraction of sp³-hybridized carbons (Fsp3) is 0.385. The minimum absolute atomic E-state index is 0.504. The van der Waals surface area contributed by atoms with Gasteiger partial charge in [0.2, 0.25) is 0 Å². The fourth-order valence-electron chi connectivity index (χ4n) is 1.52. The average molecular weight is 263 g/mol. The Hall–Kier alpha value is -1.46. The van der Waals surface area contributed by atoms with Gasteiger partial charge in [0, 0.05) is 11.9 Å². The van der Waals surface area contributed by atoms with Gasteiger partial charge in [0.15, 0.2) is 0 Å². The summed E-state index contributed by atoms with van der Waals surface area (Å²) >= 11 is 1.68. The molecule has 1 N–H and O–H groups in total. The van der Waals surface area contributed by atoms with E-state index in [0.717, 1.165) is 35.1 Å². The molecule has 0 unspecified atom stereocenters. The zero-order valence-electron chi connectivity index (χ0n) is 10.6. The highest BCUT2D eigenvalue weighted by Gasteiger charge is 2.02. The Balaban J connectivity index is 1.89. The van der Waals surface area contributed by atoms with Gasteiger partial charge in [0.1, 0.15) is 12.4 Å². The van der Waals surface area contributed by atoms with E-state index < -0.39 is 0 Å². The zero-order chi connectivity index (χ0) is 12.8. The molecule has 96 valence electrons. The largest absolute Gasteiger partial charge is 0.486 e. The summed E-state index contributed by atoms with van der Waals surface area (Å²) in [4.78, 5) is 8.75. The lowest BCUT2D eigenvalue weighted by Crippen LogP contribution is -2.06. The molecule has 0 aliphatic heterocycles. The maximum atomic E-state index is 5.64. The van der Waals surface area contributed by atoms with E-state index in [4.69, 9.17) is 4.74 Å². The topological polar surface area (TPSA) is 47.0 Å². The number of ether oxygens (including phenoxy) is 1. The molecule has 4 nitrogen and oxygen atoms in total. The number of aromatic nitrogens is 2. The maximum absolute atomic E-state index is 5.64. The predicted molar refractivity (Wildman–Crippen MR) is 72.8 cm³/mol. The molecule has 2 rings (SSSR count). The summed E-state index contributed by atoms with van der Waals surface area (Å²) < 4.78 is 5.64. The number of nitrogens with zero attached hydrogens (tertiary/aromatic N) is 2. The Morgan fingerprint density at radius 1 is 1.33 bits per heavy atom. The van der Waals surface area contributed by atoms with Crippen LogP contribution in [-0.4, -0.2) is 17.0 Å². The third kappa shape index (κ3) is 3.51. The molecular formula is C13H17N3OS. The van der Waals surface area contributed by atoms with Crippen LogP contribution in [0.4, 0.5) is 0 Å². The van der Waals surface area contributed by atoms with E-state index >= 15 is 0 Å². The third-order valence-corrected chi connectivity index (χ3v) is 3.49. The summed E-state index contributed by atoms with van der Waals surface area (Å²) in [5, 5.41) is 6.25. The van der Waals surface area contributed by atoms with Crippen molar-refractivity contribution in [3.8, 4) is 5.75 Å². The maximum Gasteiger partial charge on any atom is 0.138 e.